The Morgan fingerprint density at radius 2 is 1.82 bits per heavy atom. The lowest BCUT2D eigenvalue weighted by molar-refractivity contribution is -0.132. The van der Waals surface area contributed by atoms with Gasteiger partial charge in [0.2, 0.25) is 11.7 Å². The molecule has 1 saturated heterocycles. The van der Waals surface area contributed by atoms with E-state index in [2.05, 4.69) is 51.5 Å². The summed E-state index contributed by atoms with van der Waals surface area (Å²) in [6.07, 6.45) is 0. The van der Waals surface area contributed by atoms with E-state index in [-0.39, 0.29) is 18.3 Å². The summed E-state index contributed by atoms with van der Waals surface area (Å²) < 4.78 is 13.0. The standard InChI is InChI=1S/C20H21FN6O/c1-15-3-2-4-18(13-15)25-9-11-26(12-10-25)19(28)14-27-23-20(22-24-27)16-5-7-17(21)8-6-16/h2-8,13H,9-12,14H2,1H3. The van der Waals surface area contributed by atoms with Crippen LogP contribution in [0.15, 0.2) is 48.5 Å². The third kappa shape index (κ3) is 4.00. The summed E-state index contributed by atoms with van der Waals surface area (Å²) in [5.74, 6) is 0.0140. The SMILES string of the molecule is Cc1cccc(N2CCN(C(=O)Cn3nnc(-c4ccc(F)cc4)n3)CC2)c1. The first-order chi connectivity index (χ1) is 13.6. The zero-order valence-corrected chi connectivity index (χ0v) is 15.6. The summed E-state index contributed by atoms with van der Waals surface area (Å²) >= 11 is 0. The zero-order valence-electron chi connectivity index (χ0n) is 15.6. The first-order valence-corrected chi connectivity index (χ1v) is 9.21. The van der Waals surface area contributed by atoms with Crippen molar-refractivity contribution in [2.75, 3.05) is 31.1 Å². The molecule has 0 unspecified atom stereocenters. The van der Waals surface area contributed by atoms with Gasteiger partial charge in [-0.25, -0.2) is 4.39 Å². The highest BCUT2D eigenvalue weighted by Gasteiger charge is 2.22. The minimum atomic E-state index is -0.323. The number of halogens is 1. The fourth-order valence-corrected chi connectivity index (χ4v) is 3.28. The van der Waals surface area contributed by atoms with Crippen molar-refractivity contribution in [2.24, 2.45) is 0 Å². The number of carbonyl (C=O) groups excluding carboxylic acids is 1. The Morgan fingerprint density at radius 1 is 1.07 bits per heavy atom. The van der Waals surface area contributed by atoms with Crippen LogP contribution in [0.4, 0.5) is 10.1 Å². The third-order valence-electron chi connectivity index (χ3n) is 4.83. The summed E-state index contributed by atoms with van der Waals surface area (Å²) in [6, 6.07) is 14.2. The largest absolute Gasteiger partial charge is 0.368 e. The van der Waals surface area contributed by atoms with Crippen LogP contribution in [0.25, 0.3) is 11.4 Å². The highest BCUT2D eigenvalue weighted by atomic mass is 19.1. The molecule has 2 aromatic carbocycles. The highest BCUT2D eigenvalue weighted by Crippen LogP contribution is 2.18. The van der Waals surface area contributed by atoms with Gasteiger partial charge in [0.25, 0.3) is 0 Å². The van der Waals surface area contributed by atoms with Crippen LogP contribution in [0, 0.1) is 12.7 Å². The minimum Gasteiger partial charge on any atom is -0.368 e. The van der Waals surface area contributed by atoms with Gasteiger partial charge in [-0.3, -0.25) is 4.79 Å². The number of tetrazole rings is 1. The molecule has 0 N–H and O–H groups in total. The van der Waals surface area contributed by atoms with Crippen molar-refractivity contribution in [2.45, 2.75) is 13.5 Å². The number of rotatable bonds is 4. The van der Waals surface area contributed by atoms with Gasteiger partial charge in [0.15, 0.2) is 0 Å². The van der Waals surface area contributed by atoms with Crippen molar-refractivity contribution in [3.05, 3.63) is 59.9 Å². The van der Waals surface area contributed by atoms with E-state index in [1.807, 2.05) is 4.90 Å². The number of aryl methyl sites for hydroxylation is 1. The Morgan fingerprint density at radius 3 is 2.54 bits per heavy atom. The lowest BCUT2D eigenvalue weighted by atomic mass is 10.2. The van der Waals surface area contributed by atoms with Crippen LogP contribution in [0.5, 0.6) is 0 Å². The Bertz CT molecular complexity index is 963. The molecule has 1 fully saturated rings. The Balaban J connectivity index is 1.34. The number of hydrogen-bond acceptors (Lipinski definition) is 5. The van der Waals surface area contributed by atoms with Crippen molar-refractivity contribution >= 4 is 11.6 Å². The number of benzene rings is 2. The van der Waals surface area contributed by atoms with Crippen LogP contribution < -0.4 is 4.90 Å². The van der Waals surface area contributed by atoms with Crippen molar-refractivity contribution < 1.29 is 9.18 Å². The number of anilines is 1. The second-order valence-electron chi connectivity index (χ2n) is 6.86. The van der Waals surface area contributed by atoms with Gasteiger partial charge in [-0.15, -0.1) is 10.2 Å². The number of aromatic nitrogens is 4. The number of carbonyl (C=O) groups is 1. The molecule has 0 bridgehead atoms. The number of hydrogen-bond donors (Lipinski definition) is 0. The second-order valence-corrected chi connectivity index (χ2v) is 6.86. The topological polar surface area (TPSA) is 67.2 Å². The van der Waals surface area contributed by atoms with Crippen molar-refractivity contribution in [3.63, 3.8) is 0 Å². The van der Waals surface area contributed by atoms with Gasteiger partial charge in [0.05, 0.1) is 0 Å². The predicted octanol–water partition coefficient (Wildman–Crippen LogP) is 2.14. The van der Waals surface area contributed by atoms with Gasteiger partial charge in [-0.1, -0.05) is 12.1 Å². The van der Waals surface area contributed by atoms with E-state index in [0.717, 1.165) is 13.1 Å². The maximum absolute atomic E-state index is 13.0. The monoisotopic (exact) mass is 380 g/mol. The maximum atomic E-state index is 13.0. The van der Waals surface area contributed by atoms with Crippen molar-refractivity contribution in [1.29, 1.82) is 0 Å². The highest BCUT2D eigenvalue weighted by molar-refractivity contribution is 5.76. The van der Waals surface area contributed by atoms with Gasteiger partial charge < -0.3 is 9.80 Å². The van der Waals surface area contributed by atoms with Crippen LogP contribution >= 0.6 is 0 Å². The molecule has 1 amide bonds. The molecule has 1 aliphatic rings. The number of amides is 1. The zero-order chi connectivity index (χ0) is 19.5. The molecule has 8 heteroatoms. The van der Waals surface area contributed by atoms with E-state index in [9.17, 15) is 9.18 Å². The predicted molar refractivity (Wildman–Crippen MR) is 103 cm³/mol. The molecule has 7 nitrogen and oxygen atoms in total. The van der Waals surface area contributed by atoms with E-state index in [0.29, 0.717) is 24.5 Å². The van der Waals surface area contributed by atoms with Gasteiger partial charge >= 0.3 is 0 Å². The van der Waals surface area contributed by atoms with Crippen LogP contribution in [0.3, 0.4) is 0 Å². The molecule has 2 heterocycles. The van der Waals surface area contributed by atoms with Crippen molar-refractivity contribution in [1.82, 2.24) is 25.1 Å². The van der Waals surface area contributed by atoms with Gasteiger partial charge in [0, 0.05) is 37.4 Å². The fraction of sp³-hybridized carbons (Fsp3) is 0.300. The molecule has 4 rings (SSSR count). The quantitative estimate of drug-likeness (QED) is 0.694. The Labute approximate surface area is 162 Å². The van der Waals surface area contributed by atoms with Crippen LogP contribution in [-0.4, -0.2) is 57.2 Å². The number of nitrogens with zero attached hydrogens (tertiary/aromatic N) is 6. The van der Waals surface area contributed by atoms with E-state index >= 15 is 0 Å². The minimum absolute atomic E-state index is 0.0352. The summed E-state index contributed by atoms with van der Waals surface area (Å²) in [5, 5.41) is 12.1. The van der Waals surface area contributed by atoms with Gasteiger partial charge in [-0.2, -0.15) is 4.80 Å². The molecule has 0 atom stereocenters. The molecular weight excluding hydrogens is 359 g/mol. The molecule has 144 valence electrons. The molecule has 0 saturated carbocycles. The molecule has 0 aliphatic carbocycles. The summed E-state index contributed by atoms with van der Waals surface area (Å²) in [5.41, 5.74) is 3.08. The molecule has 3 aromatic rings. The molecule has 1 aromatic heterocycles. The molecule has 28 heavy (non-hydrogen) atoms. The van der Waals surface area contributed by atoms with E-state index in [1.54, 1.807) is 12.1 Å². The molecular formula is C20H21FN6O. The molecule has 0 radical (unpaired) electrons. The van der Waals surface area contributed by atoms with Gasteiger partial charge in [0.1, 0.15) is 12.4 Å². The van der Waals surface area contributed by atoms with Crippen molar-refractivity contribution in [3.8, 4) is 11.4 Å². The lowest BCUT2D eigenvalue weighted by Gasteiger charge is -2.36. The first-order valence-electron chi connectivity index (χ1n) is 9.21. The average Bonchev–Trinajstić information content (AvgIpc) is 3.17. The second kappa shape index (κ2) is 7.75. The number of piperazine rings is 1. The molecule has 0 spiro atoms. The van der Waals surface area contributed by atoms with Crippen LogP contribution in [0.1, 0.15) is 5.56 Å². The summed E-state index contributed by atoms with van der Waals surface area (Å²) in [4.78, 5) is 18.0. The van der Waals surface area contributed by atoms with E-state index in [1.165, 1.54) is 28.2 Å². The fourth-order valence-electron chi connectivity index (χ4n) is 3.28. The van der Waals surface area contributed by atoms with Crippen LogP contribution in [0.2, 0.25) is 0 Å². The smallest absolute Gasteiger partial charge is 0.246 e. The summed E-state index contributed by atoms with van der Waals surface area (Å²) in [7, 11) is 0. The Kier molecular flexibility index (Phi) is 5.01. The lowest BCUT2D eigenvalue weighted by Crippen LogP contribution is -2.49. The maximum Gasteiger partial charge on any atom is 0.246 e. The summed E-state index contributed by atoms with van der Waals surface area (Å²) in [6.45, 7) is 5.02. The van der Waals surface area contributed by atoms with Crippen LogP contribution in [-0.2, 0) is 11.3 Å². The van der Waals surface area contributed by atoms with E-state index in [4.69, 9.17) is 0 Å². The normalized spacial score (nSPS) is 14.4. The Hall–Kier alpha value is -3.29. The first kappa shape index (κ1) is 18.1. The third-order valence-corrected chi connectivity index (χ3v) is 4.83. The van der Waals surface area contributed by atoms with E-state index < -0.39 is 0 Å². The molecule has 1 aliphatic heterocycles. The average molecular weight is 380 g/mol. The van der Waals surface area contributed by atoms with Gasteiger partial charge in [-0.05, 0) is 54.1 Å².